The molecule has 1 fully saturated rings. The average molecular weight is 299 g/mol. The summed E-state index contributed by atoms with van der Waals surface area (Å²) < 4.78 is 5.05. The number of aliphatic hydroxyl groups is 1. The third-order valence-corrected chi connectivity index (χ3v) is 3.91. The number of nitrogens with one attached hydrogen (secondary N) is 2. The Balaban J connectivity index is 1.99. The first kappa shape index (κ1) is 14.9. The van der Waals surface area contributed by atoms with Gasteiger partial charge < -0.3 is 20.5 Å². The van der Waals surface area contributed by atoms with Crippen molar-refractivity contribution in [3.8, 4) is 5.75 Å². The normalized spacial score (nSPS) is 17.2. The van der Waals surface area contributed by atoms with Gasteiger partial charge in [0.25, 0.3) is 0 Å². The minimum Gasteiger partial charge on any atom is -0.495 e. The zero-order valence-corrected chi connectivity index (χ0v) is 12.3. The number of hydrogen-bond acceptors (Lipinski definition) is 3. The third kappa shape index (κ3) is 3.35. The van der Waals surface area contributed by atoms with E-state index in [4.69, 9.17) is 16.3 Å². The molecular weight excluding hydrogens is 280 g/mol. The number of halogens is 1. The van der Waals surface area contributed by atoms with Gasteiger partial charge >= 0.3 is 6.03 Å². The molecule has 2 amide bonds. The van der Waals surface area contributed by atoms with Crippen molar-refractivity contribution in [2.75, 3.05) is 19.0 Å². The van der Waals surface area contributed by atoms with Crippen LogP contribution in [0.1, 0.15) is 19.8 Å². The predicted molar refractivity (Wildman–Crippen MR) is 78.4 cm³/mol. The lowest BCUT2D eigenvalue weighted by molar-refractivity contribution is 0.159. The molecule has 6 heteroatoms. The van der Waals surface area contributed by atoms with Crippen LogP contribution in [0.15, 0.2) is 18.2 Å². The van der Waals surface area contributed by atoms with Gasteiger partial charge in [0.15, 0.2) is 0 Å². The van der Waals surface area contributed by atoms with Gasteiger partial charge in [-0.2, -0.15) is 0 Å². The van der Waals surface area contributed by atoms with E-state index in [-0.39, 0.29) is 12.6 Å². The smallest absolute Gasteiger partial charge is 0.319 e. The standard InChI is InChI=1S/C14H19ClN2O3/c1-14(8-18,9-3-4-9)17-13(19)16-10-5-6-12(20-2)11(15)7-10/h5-7,9,18H,3-4,8H2,1-2H3,(H2,16,17,19). The molecule has 20 heavy (non-hydrogen) atoms. The molecular formula is C14H19ClN2O3. The van der Waals surface area contributed by atoms with Crippen molar-refractivity contribution in [1.29, 1.82) is 0 Å². The Hall–Kier alpha value is -1.46. The molecule has 1 aliphatic rings. The number of anilines is 1. The highest BCUT2D eigenvalue weighted by Gasteiger charge is 2.42. The largest absolute Gasteiger partial charge is 0.495 e. The molecule has 0 aliphatic heterocycles. The van der Waals surface area contributed by atoms with Crippen LogP contribution < -0.4 is 15.4 Å². The van der Waals surface area contributed by atoms with Crippen LogP contribution in [0.5, 0.6) is 5.75 Å². The Morgan fingerprint density at radius 2 is 2.25 bits per heavy atom. The van der Waals surface area contributed by atoms with Crippen LogP contribution >= 0.6 is 11.6 Å². The van der Waals surface area contributed by atoms with Crippen LogP contribution in [-0.2, 0) is 0 Å². The van der Waals surface area contributed by atoms with Gasteiger partial charge in [0.05, 0.1) is 24.3 Å². The fourth-order valence-corrected chi connectivity index (χ4v) is 2.41. The monoisotopic (exact) mass is 298 g/mol. The molecule has 1 aromatic rings. The maximum Gasteiger partial charge on any atom is 0.319 e. The van der Waals surface area contributed by atoms with Gasteiger partial charge in [-0.3, -0.25) is 0 Å². The molecule has 0 saturated heterocycles. The molecule has 1 aromatic carbocycles. The van der Waals surface area contributed by atoms with Gasteiger partial charge in [0.1, 0.15) is 5.75 Å². The summed E-state index contributed by atoms with van der Waals surface area (Å²) in [6.07, 6.45) is 2.07. The molecule has 0 aromatic heterocycles. The predicted octanol–water partition coefficient (Wildman–Crippen LogP) is 2.63. The average Bonchev–Trinajstić information content (AvgIpc) is 3.23. The summed E-state index contributed by atoms with van der Waals surface area (Å²) in [5.41, 5.74) is 0.00441. The van der Waals surface area contributed by atoms with E-state index in [9.17, 15) is 9.90 Å². The van der Waals surface area contributed by atoms with Crippen molar-refractivity contribution in [1.82, 2.24) is 5.32 Å². The Kier molecular flexibility index (Phi) is 4.40. The number of amides is 2. The summed E-state index contributed by atoms with van der Waals surface area (Å²) in [5.74, 6) is 0.897. The molecule has 0 heterocycles. The number of carbonyl (C=O) groups excluding carboxylic acids is 1. The first-order valence-electron chi connectivity index (χ1n) is 6.52. The van der Waals surface area contributed by atoms with Crippen LogP contribution in [-0.4, -0.2) is 30.4 Å². The third-order valence-electron chi connectivity index (χ3n) is 3.62. The molecule has 1 saturated carbocycles. The molecule has 1 atom stereocenters. The second kappa shape index (κ2) is 5.89. The van der Waals surface area contributed by atoms with Gasteiger partial charge in [0.2, 0.25) is 0 Å². The lowest BCUT2D eigenvalue weighted by atomic mass is 9.97. The van der Waals surface area contributed by atoms with E-state index in [0.717, 1.165) is 12.8 Å². The second-order valence-corrected chi connectivity index (χ2v) is 5.69. The van der Waals surface area contributed by atoms with Crippen molar-refractivity contribution in [2.24, 2.45) is 5.92 Å². The lowest BCUT2D eigenvalue weighted by Crippen LogP contribution is -2.52. The maximum absolute atomic E-state index is 12.0. The fourth-order valence-electron chi connectivity index (χ4n) is 2.16. The number of rotatable bonds is 5. The summed E-state index contributed by atoms with van der Waals surface area (Å²) in [4.78, 5) is 12.0. The minimum atomic E-state index is -0.569. The molecule has 1 unspecified atom stereocenters. The van der Waals surface area contributed by atoms with Crippen LogP contribution in [0.2, 0.25) is 5.02 Å². The number of urea groups is 1. The van der Waals surface area contributed by atoms with Crippen LogP contribution in [0.25, 0.3) is 0 Å². The van der Waals surface area contributed by atoms with Gasteiger partial charge in [-0.15, -0.1) is 0 Å². The zero-order valence-electron chi connectivity index (χ0n) is 11.6. The Bertz CT molecular complexity index is 505. The molecule has 2 rings (SSSR count). The number of hydrogen-bond donors (Lipinski definition) is 3. The van der Waals surface area contributed by atoms with Crippen molar-refractivity contribution >= 4 is 23.3 Å². The SMILES string of the molecule is COc1ccc(NC(=O)NC(C)(CO)C2CC2)cc1Cl. The topological polar surface area (TPSA) is 70.6 Å². The number of aliphatic hydroxyl groups excluding tert-OH is 1. The number of methoxy groups -OCH3 is 1. The van der Waals surface area contributed by atoms with Gasteiger partial charge in [0, 0.05) is 5.69 Å². The van der Waals surface area contributed by atoms with E-state index >= 15 is 0 Å². The van der Waals surface area contributed by atoms with Crippen LogP contribution in [0.3, 0.4) is 0 Å². The summed E-state index contributed by atoms with van der Waals surface area (Å²) in [6.45, 7) is 1.78. The van der Waals surface area contributed by atoms with Crippen molar-refractivity contribution < 1.29 is 14.6 Å². The van der Waals surface area contributed by atoms with Gasteiger partial charge in [-0.05, 0) is 43.9 Å². The van der Waals surface area contributed by atoms with Crippen molar-refractivity contribution in [2.45, 2.75) is 25.3 Å². The first-order valence-corrected chi connectivity index (χ1v) is 6.90. The highest BCUT2D eigenvalue weighted by Crippen LogP contribution is 2.39. The van der Waals surface area contributed by atoms with Gasteiger partial charge in [-0.25, -0.2) is 4.79 Å². The molecule has 0 spiro atoms. The Morgan fingerprint density at radius 3 is 2.75 bits per heavy atom. The van der Waals surface area contributed by atoms with Crippen LogP contribution in [0, 0.1) is 5.92 Å². The lowest BCUT2D eigenvalue weighted by Gasteiger charge is -2.28. The highest BCUT2D eigenvalue weighted by molar-refractivity contribution is 6.32. The summed E-state index contributed by atoms with van der Waals surface area (Å²) >= 11 is 6.00. The van der Waals surface area contributed by atoms with E-state index in [1.54, 1.807) is 18.2 Å². The second-order valence-electron chi connectivity index (χ2n) is 5.28. The minimum absolute atomic E-state index is 0.0749. The zero-order chi connectivity index (χ0) is 14.8. The fraction of sp³-hybridized carbons (Fsp3) is 0.500. The Labute approximate surface area is 123 Å². The number of carbonyl (C=O) groups is 1. The van der Waals surface area contributed by atoms with E-state index in [0.29, 0.717) is 22.4 Å². The molecule has 0 bridgehead atoms. The quantitative estimate of drug-likeness (QED) is 0.782. The highest BCUT2D eigenvalue weighted by atomic mass is 35.5. The summed E-state index contributed by atoms with van der Waals surface area (Å²) in [5, 5.41) is 15.4. The number of ether oxygens (including phenoxy) is 1. The molecule has 5 nitrogen and oxygen atoms in total. The van der Waals surface area contributed by atoms with Gasteiger partial charge in [-0.1, -0.05) is 11.6 Å². The van der Waals surface area contributed by atoms with Crippen molar-refractivity contribution in [3.63, 3.8) is 0 Å². The van der Waals surface area contributed by atoms with E-state index in [1.165, 1.54) is 7.11 Å². The van der Waals surface area contributed by atoms with E-state index in [2.05, 4.69) is 10.6 Å². The molecule has 0 radical (unpaired) electrons. The molecule has 1 aliphatic carbocycles. The van der Waals surface area contributed by atoms with E-state index in [1.807, 2.05) is 6.92 Å². The van der Waals surface area contributed by atoms with Crippen LogP contribution in [0.4, 0.5) is 10.5 Å². The molecule has 110 valence electrons. The first-order chi connectivity index (χ1) is 9.48. The van der Waals surface area contributed by atoms with Crippen molar-refractivity contribution in [3.05, 3.63) is 23.2 Å². The summed E-state index contributed by atoms with van der Waals surface area (Å²) in [6, 6.07) is 4.66. The molecule has 3 N–H and O–H groups in total. The number of benzene rings is 1. The summed E-state index contributed by atoms with van der Waals surface area (Å²) in [7, 11) is 1.53. The Morgan fingerprint density at radius 1 is 1.55 bits per heavy atom. The maximum atomic E-state index is 12.0. The van der Waals surface area contributed by atoms with E-state index < -0.39 is 5.54 Å².